The van der Waals surface area contributed by atoms with Crippen LogP contribution in [0.25, 0.3) is 11.3 Å². The second kappa shape index (κ2) is 12.2. The molecule has 1 atom stereocenters. The third-order valence-corrected chi connectivity index (χ3v) is 5.51. The maximum absolute atomic E-state index is 12.8. The number of alkyl halides is 3. The number of carbonyl (C=O) groups is 2. The maximum Gasteiger partial charge on any atom is 0.416 e. The first-order chi connectivity index (χ1) is 17.2. The van der Waals surface area contributed by atoms with Gasteiger partial charge in [-0.05, 0) is 55.3 Å². The van der Waals surface area contributed by atoms with Crippen molar-refractivity contribution < 1.29 is 32.6 Å². The van der Waals surface area contributed by atoms with Gasteiger partial charge in [-0.25, -0.2) is 0 Å². The van der Waals surface area contributed by atoms with E-state index < -0.39 is 17.7 Å². The fourth-order valence-corrected chi connectivity index (χ4v) is 3.51. The van der Waals surface area contributed by atoms with Crippen LogP contribution in [0.15, 0.2) is 66.9 Å². The zero-order valence-electron chi connectivity index (χ0n) is 19.7. The number of aliphatic carboxylic acids is 1. The molecule has 0 aliphatic carbocycles. The summed E-state index contributed by atoms with van der Waals surface area (Å²) in [5.41, 5.74) is 1.65. The summed E-state index contributed by atoms with van der Waals surface area (Å²) in [5.74, 6) is -0.794. The molecule has 2 aromatic carbocycles. The number of pyridine rings is 1. The average Bonchev–Trinajstić information content (AvgIpc) is 2.86. The Balaban J connectivity index is 1.69. The minimum absolute atomic E-state index is 0.0426. The summed E-state index contributed by atoms with van der Waals surface area (Å²) in [4.78, 5) is 27.1. The highest BCUT2D eigenvalue weighted by molar-refractivity contribution is 5.94. The Morgan fingerprint density at radius 2 is 1.72 bits per heavy atom. The number of nitrogens with zero attached hydrogens (tertiary/aromatic N) is 1. The van der Waals surface area contributed by atoms with Crippen molar-refractivity contribution in [2.75, 3.05) is 6.54 Å². The van der Waals surface area contributed by atoms with Crippen LogP contribution in [-0.4, -0.2) is 28.5 Å². The summed E-state index contributed by atoms with van der Waals surface area (Å²) in [5, 5.41) is 11.2. The van der Waals surface area contributed by atoms with Crippen LogP contribution >= 0.6 is 0 Å². The first-order valence-corrected chi connectivity index (χ1v) is 11.6. The standard InChI is InChI=1S/C27H27F3N2O4/c1-2-3-4-24(36-22-12-7-19(8-13-22)26(35)31-16-15-25(33)34)20-9-14-23(32-17-20)18-5-10-21(11-6-18)27(28,29)30/h5-14,17,24H,2-4,15-16H2,1H3,(H,31,35)(H,33,34). The molecule has 1 amide bonds. The molecule has 3 aromatic rings. The summed E-state index contributed by atoms with van der Waals surface area (Å²) < 4.78 is 44.6. The first kappa shape index (κ1) is 26.7. The number of amides is 1. The monoisotopic (exact) mass is 500 g/mol. The van der Waals surface area contributed by atoms with Crippen LogP contribution in [0.3, 0.4) is 0 Å². The van der Waals surface area contributed by atoms with E-state index in [2.05, 4.69) is 17.2 Å². The van der Waals surface area contributed by atoms with E-state index in [1.807, 2.05) is 6.07 Å². The molecule has 1 aromatic heterocycles. The number of benzene rings is 2. The van der Waals surface area contributed by atoms with Crippen molar-refractivity contribution in [2.45, 2.75) is 44.9 Å². The molecule has 1 heterocycles. The van der Waals surface area contributed by atoms with E-state index in [-0.39, 0.29) is 25.0 Å². The minimum Gasteiger partial charge on any atom is -0.486 e. The molecule has 0 radical (unpaired) electrons. The predicted octanol–water partition coefficient (Wildman–Crippen LogP) is 6.28. The van der Waals surface area contributed by atoms with E-state index in [1.54, 1.807) is 36.5 Å². The number of carboxylic acids is 1. The van der Waals surface area contributed by atoms with E-state index >= 15 is 0 Å². The number of halogens is 3. The molecule has 190 valence electrons. The molecule has 3 rings (SSSR count). The molecular weight excluding hydrogens is 473 g/mol. The van der Waals surface area contributed by atoms with Crippen LogP contribution in [-0.2, 0) is 11.0 Å². The molecule has 9 heteroatoms. The van der Waals surface area contributed by atoms with E-state index in [0.717, 1.165) is 37.0 Å². The van der Waals surface area contributed by atoms with Gasteiger partial charge in [-0.15, -0.1) is 0 Å². The fraction of sp³-hybridized carbons (Fsp3) is 0.296. The molecular formula is C27H27F3N2O4. The molecule has 0 spiro atoms. The molecule has 36 heavy (non-hydrogen) atoms. The van der Waals surface area contributed by atoms with Crippen molar-refractivity contribution >= 4 is 11.9 Å². The lowest BCUT2D eigenvalue weighted by Gasteiger charge is -2.20. The molecule has 0 saturated heterocycles. The van der Waals surface area contributed by atoms with Gasteiger partial charge in [-0.1, -0.05) is 31.5 Å². The number of hydrogen-bond donors (Lipinski definition) is 2. The Kier molecular flexibility index (Phi) is 9.05. The van der Waals surface area contributed by atoms with E-state index in [4.69, 9.17) is 9.84 Å². The number of ether oxygens (including phenoxy) is 1. The molecule has 0 aliphatic rings. The second-order valence-corrected chi connectivity index (χ2v) is 8.22. The van der Waals surface area contributed by atoms with Gasteiger partial charge in [0, 0.05) is 29.4 Å². The van der Waals surface area contributed by atoms with Crippen LogP contribution in [0.1, 0.15) is 60.2 Å². The third kappa shape index (κ3) is 7.56. The van der Waals surface area contributed by atoms with Crippen molar-refractivity contribution in [3.63, 3.8) is 0 Å². The van der Waals surface area contributed by atoms with Gasteiger partial charge >= 0.3 is 12.1 Å². The zero-order chi connectivity index (χ0) is 26.1. The minimum atomic E-state index is -4.39. The van der Waals surface area contributed by atoms with Gasteiger partial charge in [0.15, 0.2) is 0 Å². The molecule has 0 fully saturated rings. The normalized spacial score (nSPS) is 12.1. The number of carboxylic acid groups (broad SMARTS) is 1. The number of carbonyl (C=O) groups excluding carboxylic acids is 1. The molecule has 0 aliphatic heterocycles. The lowest BCUT2D eigenvalue weighted by Crippen LogP contribution is -2.25. The van der Waals surface area contributed by atoms with E-state index in [0.29, 0.717) is 22.6 Å². The van der Waals surface area contributed by atoms with Gasteiger partial charge in [0.2, 0.25) is 0 Å². The van der Waals surface area contributed by atoms with Crippen LogP contribution in [0.4, 0.5) is 13.2 Å². The number of hydrogen-bond acceptors (Lipinski definition) is 4. The first-order valence-electron chi connectivity index (χ1n) is 11.6. The van der Waals surface area contributed by atoms with Crippen molar-refractivity contribution in [1.29, 1.82) is 0 Å². The topological polar surface area (TPSA) is 88.5 Å². The lowest BCUT2D eigenvalue weighted by atomic mass is 10.0. The molecule has 1 unspecified atom stereocenters. The van der Waals surface area contributed by atoms with Crippen LogP contribution in [0.2, 0.25) is 0 Å². The molecule has 0 saturated carbocycles. The zero-order valence-corrected chi connectivity index (χ0v) is 19.7. The van der Waals surface area contributed by atoms with Crippen molar-refractivity contribution in [3.05, 3.63) is 83.6 Å². The number of nitrogens with one attached hydrogen (secondary N) is 1. The summed E-state index contributed by atoms with van der Waals surface area (Å²) in [7, 11) is 0. The van der Waals surface area contributed by atoms with Crippen LogP contribution in [0, 0.1) is 0 Å². The summed E-state index contributed by atoms with van der Waals surface area (Å²) in [6.45, 7) is 2.11. The Hall–Kier alpha value is -3.88. The third-order valence-electron chi connectivity index (χ3n) is 5.51. The van der Waals surface area contributed by atoms with Gasteiger partial charge in [-0.3, -0.25) is 14.6 Å². The lowest BCUT2D eigenvalue weighted by molar-refractivity contribution is -0.138. The SMILES string of the molecule is CCCCC(Oc1ccc(C(=O)NCCC(=O)O)cc1)c1ccc(-c2ccc(C(F)(F)F)cc2)nc1. The largest absolute Gasteiger partial charge is 0.486 e. The fourth-order valence-electron chi connectivity index (χ4n) is 3.51. The van der Waals surface area contributed by atoms with E-state index in [9.17, 15) is 22.8 Å². The van der Waals surface area contributed by atoms with Gasteiger partial charge in [0.25, 0.3) is 5.91 Å². The van der Waals surface area contributed by atoms with Crippen LogP contribution in [0.5, 0.6) is 5.75 Å². The van der Waals surface area contributed by atoms with E-state index in [1.165, 1.54) is 12.1 Å². The van der Waals surface area contributed by atoms with Gasteiger partial charge < -0.3 is 15.2 Å². The summed E-state index contributed by atoms with van der Waals surface area (Å²) in [6, 6.07) is 15.0. The van der Waals surface area contributed by atoms with Crippen LogP contribution < -0.4 is 10.1 Å². The van der Waals surface area contributed by atoms with Gasteiger partial charge in [0.05, 0.1) is 17.7 Å². The molecule has 6 nitrogen and oxygen atoms in total. The average molecular weight is 501 g/mol. The van der Waals surface area contributed by atoms with Gasteiger partial charge in [-0.2, -0.15) is 13.2 Å². The van der Waals surface area contributed by atoms with Crippen molar-refractivity contribution in [2.24, 2.45) is 0 Å². The Morgan fingerprint density at radius 3 is 2.28 bits per heavy atom. The van der Waals surface area contributed by atoms with Crippen molar-refractivity contribution in [3.8, 4) is 17.0 Å². The second-order valence-electron chi connectivity index (χ2n) is 8.22. The summed E-state index contributed by atoms with van der Waals surface area (Å²) in [6.07, 6.45) is -0.566. The molecule has 2 N–H and O–H groups in total. The van der Waals surface area contributed by atoms with Crippen molar-refractivity contribution in [1.82, 2.24) is 10.3 Å². The smallest absolute Gasteiger partial charge is 0.416 e. The molecule has 0 bridgehead atoms. The number of aromatic nitrogens is 1. The Morgan fingerprint density at radius 1 is 1.03 bits per heavy atom. The number of unbranched alkanes of at least 4 members (excludes halogenated alkanes) is 1. The highest BCUT2D eigenvalue weighted by Crippen LogP contribution is 2.31. The predicted molar refractivity (Wildman–Crippen MR) is 129 cm³/mol. The summed E-state index contributed by atoms with van der Waals surface area (Å²) >= 11 is 0. The Bertz CT molecular complexity index is 1150. The highest BCUT2D eigenvalue weighted by atomic mass is 19.4. The highest BCUT2D eigenvalue weighted by Gasteiger charge is 2.30. The van der Waals surface area contributed by atoms with Gasteiger partial charge in [0.1, 0.15) is 11.9 Å². The quantitative estimate of drug-likeness (QED) is 0.323. The maximum atomic E-state index is 12.8. The number of rotatable bonds is 11. The Labute approximate surface area is 207 Å².